The quantitative estimate of drug-likeness (QED) is 0.394. The first kappa shape index (κ1) is 24.4. The highest BCUT2D eigenvalue weighted by atomic mass is 32.2. The lowest BCUT2D eigenvalue weighted by atomic mass is 10.0. The van der Waals surface area contributed by atoms with Crippen LogP contribution in [0.25, 0.3) is 0 Å². The minimum absolute atomic E-state index is 0.0774. The van der Waals surface area contributed by atoms with E-state index in [1.54, 1.807) is 16.4 Å². The zero-order valence-electron chi connectivity index (χ0n) is 18.7. The molecule has 1 aromatic rings. The van der Waals surface area contributed by atoms with Gasteiger partial charge in [-0.25, -0.2) is 8.42 Å². The summed E-state index contributed by atoms with van der Waals surface area (Å²) >= 11 is 0. The second-order valence-electron chi connectivity index (χ2n) is 8.61. The minimum Gasteiger partial charge on any atom is -0.314 e. The maximum atomic E-state index is 13.1. The third-order valence-corrected chi connectivity index (χ3v) is 8.03. The van der Waals surface area contributed by atoms with Crippen molar-refractivity contribution >= 4 is 10.0 Å². The number of benzene rings is 1. The first-order valence-electron chi connectivity index (χ1n) is 11.8. The van der Waals surface area contributed by atoms with Gasteiger partial charge in [0.2, 0.25) is 10.0 Å². The van der Waals surface area contributed by atoms with Crippen LogP contribution in [-0.2, 0) is 10.0 Å². The molecular formula is C24H42N2O2S. The molecule has 1 fully saturated rings. The van der Waals surface area contributed by atoms with Crippen molar-refractivity contribution in [1.82, 2.24) is 9.62 Å². The van der Waals surface area contributed by atoms with E-state index in [1.165, 1.54) is 64.2 Å². The highest BCUT2D eigenvalue weighted by Gasteiger charge is 2.32. The summed E-state index contributed by atoms with van der Waals surface area (Å²) in [4.78, 5) is 0.425. The van der Waals surface area contributed by atoms with Crippen LogP contribution in [0.15, 0.2) is 29.2 Å². The van der Waals surface area contributed by atoms with Crippen molar-refractivity contribution in [3.8, 4) is 0 Å². The zero-order valence-corrected chi connectivity index (χ0v) is 19.5. The molecule has 1 aliphatic rings. The topological polar surface area (TPSA) is 49.4 Å². The summed E-state index contributed by atoms with van der Waals surface area (Å²) in [5.41, 5.74) is 1.08. The van der Waals surface area contributed by atoms with E-state index < -0.39 is 10.0 Å². The van der Waals surface area contributed by atoms with Gasteiger partial charge in [0, 0.05) is 25.7 Å². The first-order valence-corrected chi connectivity index (χ1v) is 13.3. The highest BCUT2D eigenvalue weighted by molar-refractivity contribution is 7.89. The molecule has 1 saturated heterocycles. The van der Waals surface area contributed by atoms with Crippen LogP contribution in [0.3, 0.4) is 0 Å². The van der Waals surface area contributed by atoms with Crippen molar-refractivity contribution in [1.29, 1.82) is 0 Å². The van der Waals surface area contributed by atoms with E-state index in [2.05, 4.69) is 12.2 Å². The lowest BCUT2D eigenvalue weighted by molar-refractivity contribution is 0.250. The first-order chi connectivity index (χ1) is 14.1. The molecule has 0 spiro atoms. The lowest BCUT2D eigenvalue weighted by Crippen LogP contribution is -2.53. The van der Waals surface area contributed by atoms with Crippen molar-refractivity contribution in [3.63, 3.8) is 0 Å². The van der Waals surface area contributed by atoms with Crippen LogP contribution in [0.1, 0.15) is 89.5 Å². The number of hydrogen-bond donors (Lipinski definition) is 1. The van der Waals surface area contributed by atoms with Gasteiger partial charge in [0.1, 0.15) is 0 Å². The van der Waals surface area contributed by atoms with Crippen LogP contribution in [0.5, 0.6) is 0 Å². The van der Waals surface area contributed by atoms with E-state index in [4.69, 9.17) is 0 Å². The predicted molar refractivity (Wildman–Crippen MR) is 123 cm³/mol. The summed E-state index contributed by atoms with van der Waals surface area (Å²) in [5.74, 6) is 0. The third kappa shape index (κ3) is 8.39. The fourth-order valence-electron chi connectivity index (χ4n) is 4.19. The van der Waals surface area contributed by atoms with Crippen LogP contribution in [0.2, 0.25) is 0 Å². The summed E-state index contributed by atoms with van der Waals surface area (Å²) in [6.45, 7) is 6.32. The van der Waals surface area contributed by atoms with Crippen molar-refractivity contribution in [2.24, 2.45) is 0 Å². The normalized spacial score (nSPS) is 18.2. The van der Waals surface area contributed by atoms with Crippen molar-refractivity contribution in [3.05, 3.63) is 29.8 Å². The van der Waals surface area contributed by atoms with Crippen LogP contribution in [0, 0.1) is 6.92 Å². The molecule has 4 nitrogen and oxygen atoms in total. The third-order valence-electron chi connectivity index (χ3n) is 6.06. The average Bonchev–Trinajstić information content (AvgIpc) is 2.72. The number of aryl methyl sites for hydroxylation is 1. The molecule has 1 N–H and O–H groups in total. The Kier molecular flexibility index (Phi) is 11.3. The number of sulfonamides is 1. The van der Waals surface area contributed by atoms with Crippen LogP contribution in [0.4, 0.5) is 0 Å². The smallest absolute Gasteiger partial charge is 0.243 e. The van der Waals surface area contributed by atoms with Crippen LogP contribution < -0.4 is 5.32 Å². The Morgan fingerprint density at radius 3 is 2.03 bits per heavy atom. The van der Waals surface area contributed by atoms with Crippen molar-refractivity contribution < 1.29 is 8.42 Å². The van der Waals surface area contributed by atoms with E-state index in [9.17, 15) is 8.42 Å². The van der Waals surface area contributed by atoms with Gasteiger partial charge in [0.25, 0.3) is 0 Å². The van der Waals surface area contributed by atoms with Gasteiger partial charge in [-0.05, 0) is 25.5 Å². The summed E-state index contributed by atoms with van der Waals surface area (Å²) in [5, 5.41) is 3.38. The Morgan fingerprint density at radius 2 is 1.45 bits per heavy atom. The molecule has 1 unspecified atom stereocenters. The van der Waals surface area contributed by atoms with Gasteiger partial charge >= 0.3 is 0 Å². The Labute approximate surface area is 179 Å². The van der Waals surface area contributed by atoms with Gasteiger partial charge in [-0.2, -0.15) is 4.31 Å². The molecule has 1 atom stereocenters. The van der Waals surface area contributed by atoms with Gasteiger partial charge in [0.05, 0.1) is 4.90 Å². The van der Waals surface area contributed by atoms with Crippen molar-refractivity contribution in [2.75, 3.05) is 19.6 Å². The molecule has 0 aromatic heterocycles. The Bertz CT molecular complexity index is 658. The number of nitrogens with one attached hydrogen (secondary N) is 1. The maximum absolute atomic E-state index is 13.1. The van der Waals surface area contributed by atoms with Gasteiger partial charge in [-0.15, -0.1) is 0 Å². The minimum atomic E-state index is -3.40. The summed E-state index contributed by atoms with van der Waals surface area (Å²) < 4.78 is 28.0. The van der Waals surface area contributed by atoms with Crippen molar-refractivity contribution in [2.45, 2.75) is 102 Å². The number of piperazine rings is 1. The largest absolute Gasteiger partial charge is 0.314 e. The number of rotatable bonds is 14. The van der Waals surface area contributed by atoms with Gasteiger partial charge in [-0.1, -0.05) is 95.2 Å². The Morgan fingerprint density at radius 1 is 0.897 bits per heavy atom. The van der Waals surface area contributed by atoms with Gasteiger partial charge in [-0.3, -0.25) is 0 Å². The average molecular weight is 423 g/mol. The summed E-state index contributed by atoms with van der Waals surface area (Å²) in [7, 11) is -3.40. The molecule has 0 radical (unpaired) electrons. The van der Waals surface area contributed by atoms with E-state index in [0.717, 1.165) is 31.5 Å². The molecular weight excluding hydrogens is 380 g/mol. The van der Waals surface area contributed by atoms with Crippen LogP contribution >= 0.6 is 0 Å². The second-order valence-corrected chi connectivity index (χ2v) is 10.5. The molecule has 0 saturated carbocycles. The van der Waals surface area contributed by atoms with Crippen LogP contribution in [-0.4, -0.2) is 38.4 Å². The molecule has 5 heteroatoms. The van der Waals surface area contributed by atoms with E-state index in [0.29, 0.717) is 11.4 Å². The monoisotopic (exact) mass is 422 g/mol. The fraction of sp³-hybridized carbons (Fsp3) is 0.750. The SMILES string of the molecule is CCCCCCCCCCCCCC1CNCCN1S(=O)(=O)c1ccc(C)cc1. The summed E-state index contributed by atoms with van der Waals surface area (Å²) in [6.07, 6.45) is 15.5. The molecule has 0 bridgehead atoms. The van der Waals surface area contributed by atoms with E-state index in [1.807, 2.05) is 19.1 Å². The summed E-state index contributed by atoms with van der Waals surface area (Å²) in [6, 6.07) is 7.33. The molecule has 29 heavy (non-hydrogen) atoms. The lowest BCUT2D eigenvalue weighted by Gasteiger charge is -2.35. The molecule has 2 rings (SSSR count). The van der Waals surface area contributed by atoms with Gasteiger partial charge in [0.15, 0.2) is 0 Å². The fourth-order valence-corrected chi connectivity index (χ4v) is 5.85. The Balaban J connectivity index is 1.69. The Hall–Kier alpha value is -0.910. The molecule has 1 heterocycles. The second kappa shape index (κ2) is 13.4. The molecule has 1 aromatic carbocycles. The predicted octanol–water partition coefficient (Wildman–Crippen LogP) is 5.66. The molecule has 0 amide bonds. The highest BCUT2D eigenvalue weighted by Crippen LogP contribution is 2.23. The molecule has 1 aliphatic heterocycles. The zero-order chi connectivity index (χ0) is 21.0. The number of hydrogen-bond acceptors (Lipinski definition) is 3. The van der Waals surface area contributed by atoms with Gasteiger partial charge < -0.3 is 5.32 Å². The standard InChI is InChI=1S/C24H42N2O2S/c1-3-4-5-6-7-8-9-10-11-12-13-14-23-21-25-19-20-26(23)29(27,28)24-17-15-22(2)16-18-24/h15-18,23,25H,3-14,19-21H2,1-2H3. The molecule has 166 valence electrons. The molecule has 0 aliphatic carbocycles. The van der Waals surface area contributed by atoms with E-state index in [-0.39, 0.29) is 6.04 Å². The number of unbranched alkanes of at least 4 members (excludes halogenated alkanes) is 10. The van der Waals surface area contributed by atoms with E-state index >= 15 is 0 Å². The number of nitrogens with zero attached hydrogens (tertiary/aromatic N) is 1. The maximum Gasteiger partial charge on any atom is 0.243 e.